The Balaban J connectivity index is 2.04. The number of halogens is 1. The molecule has 0 spiro atoms. The number of hydrogen-bond donors (Lipinski definition) is 1. The number of benzene rings is 2. The standard InChI is InChI=1S/C15H16FNO/c1-11-8-12(9-17)2-3-13(11)10-18-15-6-4-14(16)5-7-15/h2-8H,9-10,17H2,1H3. The van der Waals surface area contributed by atoms with Gasteiger partial charge in [-0.25, -0.2) is 4.39 Å². The maximum absolute atomic E-state index is 12.7. The smallest absolute Gasteiger partial charge is 0.123 e. The number of nitrogens with two attached hydrogens (primary N) is 1. The molecule has 2 aromatic rings. The van der Waals surface area contributed by atoms with Crippen molar-refractivity contribution in [1.82, 2.24) is 0 Å². The molecule has 0 aliphatic rings. The maximum atomic E-state index is 12.7. The maximum Gasteiger partial charge on any atom is 0.123 e. The van der Waals surface area contributed by atoms with Gasteiger partial charge in [0, 0.05) is 6.54 Å². The average Bonchev–Trinajstić information content (AvgIpc) is 2.39. The van der Waals surface area contributed by atoms with E-state index in [-0.39, 0.29) is 5.82 Å². The third kappa shape index (κ3) is 3.08. The van der Waals surface area contributed by atoms with Crippen LogP contribution in [-0.2, 0) is 13.2 Å². The molecule has 0 amide bonds. The first kappa shape index (κ1) is 12.6. The normalized spacial score (nSPS) is 10.4. The van der Waals surface area contributed by atoms with Gasteiger partial charge >= 0.3 is 0 Å². The van der Waals surface area contributed by atoms with Crippen LogP contribution in [0.1, 0.15) is 16.7 Å². The summed E-state index contributed by atoms with van der Waals surface area (Å²) >= 11 is 0. The summed E-state index contributed by atoms with van der Waals surface area (Å²) in [5.74, 6) is 0.407. The van der Waals surface area contributed by atoms with Gasteiger partial charge in [0.15, 0.2) is 0 Å². The van der Waals surface area contributed by atoms with E-state index < -0.39 is 0 Å². The van der Waals surface area contributed by atoms with Gasteiger partial charge in [-0.2, -0.15) is 0 Å². The Labute approximate surface area is 106 Å². The van der Waals surface area contributed by atoms with Crippen LogP contribution < -0.4 is 10.5 Å². The second kappa shape index (κ2) is 5.65. The summed E-state index contributed by atoms with van der Waals surface area (Å²) in [4.78, 5) is 0. The van der Waals surface area contributed by atoms with E-state index in [0.717, 1.165) is 16.7 Å². The molecule has 0 atom stereocenters. The van der Waals surface area contributed by atoms with Crippen molar-refractivity contribution in [3.63, 3.8) is 0 Å². The molecular formula is C15H16FNO. The third-order valence-corrected chi connectivity index (χ3v) is 2.85. The molecule has 0 aromatic heterocycles. The predicted octanol–water partition coefficient (Wildman–Crippen LogP) is 3.17. The summed E-state index contributed by atoms with van der Waals surface area (Å²) in [5, 5.41) is 0. The molecule has 0 heterocycles. The number of rotatable bonds is 4. The predicted molar refractivity (Wildman–Crippen MR) is 69.8 cm³/mol. The van der Waals surface area contributed by atoms with E-state index in [2.05, 4.69) is 6.07 Å². The van der Waals surface area contributed by atoms with Crippen LogP contribution in [0.5, 0.6) is 5.75 Å². The van der Waals surface area contributed by atoms with E-state index in [1.807, 2.05) is 19.1 Å². The zero-order valence-corrected chi connectivity index (χ0v) is 10.3. The fourth-order valence-corrected chi connectivity index (χ4v) is 1.74. The Hall–Kier alpha value is -1.87. The second-order valence-electron chi connectivity index (χ2n) is 4.21. The van der Waals surface area contributed by atoms with Crippen LogP contribution in [0.4, 0.5) is 4.39 Å². The lowest BCUT2D eigenvalue weighted by Gasteiger charge is -2.10. The molecule has 0 bridgehead atoms. The van der Waals surface area contributed by atoms with E-state index in [1.54, 1.807) is 12.1 Å². The topological polar surface area (TPSA) is 35.2 Å². The summed E-state index contributed by atoms with van der Waals surface area (Å²) in [7, 11) is 0. The van der Waals surface area contributed by atoms with Crippen LogP contribution in [0.25, 0.3) is 0 Å². The number of hydrogen-bond acceptors (Lipinski definition) is 2. The van der Waals surface area contributed by atoms with Gasteiger partial charge < -0.3 is 10.5 Å². The summed E-state index contributed by atoms with van der Waals surface area (Å²) in [6.07, 6.45) is 0. The van der Waals surface area contributed by atoms with Crippen molar-refractivity contribution >= 4 is 0 Å². The fourth-order valence-electron chi connectivity index (χ4n) is 1.74. The highest BCUT2D eigenvalue weighted by Crippen LogP contribution is 2.16. The van der Waals surface area contributed by atoms with Gasteiger partial charge in [-0.3, -0.25) is 0 Å². The Morgan fingerprint density at radius 2 is 1.83 bits per heavy atom. The molecule has 0 fully saturated rings. The quantitative estimate of drug-likeness (QED) is 0.898. The SMILES string of the molecule is Cc1cc(CN)ccc1COc1ccc(F)cc1. The molecule has 0 unspecified atom stereocenters. The Morgan fingerprint density at radius 1 is 1.11 bits per heavy atom. The van der Waals surface area contributed by atoms with Crippen molar-refractivity contribution in [3.8, 4) is 5.75 Å². The Bertz CT molecular complexity index is 523. The first-order valence-electron chi connectivity index (χ1n) is 5.86. The molecule has 2 nitrogen and oxygen atoms in total. The molecule has 94 valence electrons. The molecule has 2 aromatic carbocycles. The number of aryl methyl sites for hydroxylation is 1. The Kier molecular flexibility index (Phi) is 3.95. The van der Waals surface area contributed by atoms with Crippen molar-refractivity contribution in [2.24, 2.45) is 5.73 Å². The van der Waals surface area contributed by atoms with Crippen molar-refractivity contribution in [2.45, 2.75) is 20.1 Å². The highest BCUT2D eigenvalue weighted by molar-refractivity contribution is 5.31. The van der Waals surface area contributed by atoms with Crippen LogP contribution >= 0.6 is 0 Å². The first-order valence-corrected chi connectivity index (χ1v) is 5.86. The molecule has 0 aliphatic heterocycles. The second-order valence-corrected chi connectivity index (χ2v) is 4.21. The van der Waals surface area contributed by atoms with Crippen molar-refractivity contribution in [1.29, 1.82) is 0 Å². The lowest BCUT2D eigenvalue weighted by molar-refractivity contribution is 0.305. The van der Waals surface area contributed by atoms with Gasteiger partial charge in [0.1, 0.15) is 18.2 Å². The molecule has 0 saturated carbocycles. The van der Waals surface area contributed by atoms with Crippen molar-refractivity contribution < 1.29 is 9.13 Å². The minimum Gasteiger partial charge on any atom is -0.489 e. The summed E-state index contributed by atoms with van der Waals surface area (Å²) in [6.45, 7) is 3.05. The van der Waals surface area contributed by atoms with Gasteiger partial charge in [0.2, 0.25) is 0 Å². The number of ether oxygens (including phenoxy) is 1. The van der Waals surface area contributed by atoms with Gasteiger partial charge in [0.25, 0.3) is 0 Å². The van der Waals surface area contributed by atoms with Gasteiger partial charge in [-0.05, 0) is 47.9 Å². The van der Waals surface area contributed by atoms with Crippen molar-refractivity contribution in [3.05, 3.63) is 65.0 Å². The minimum absolute atomic E-state index is 0.258. The monoisotopic (exact) mass is 245 g/mol. The van der Waals surface area contributed by atoms with Crippen LogP contribution in [0.15, 0.2) is 42.5 Å². The van der Waals surface area contributed by atoms with E-state index >= 15 is 0 Å². The molecule has 0 saturated heterocycles. The lowest BCUT2D eigenvalue weighted by Crippen LogP contribution is -2.01. The molecule has 18 heavy (non-hydrogen) atoms. The molecular weight excluding hydrogens is 229 g/mol. The fraction of sp³-hybridized carbons (Fsp3) is 0.200. The zero-order valence-electron chi connectivity index (χ0n) is 10.3. The lowest BCUT2D eigenvalue weighted by atomic mass is 10.1. The van der Waals surface area contributed by atoms with Crippen molar-refractivity contribution in [2.75, 3.05) is 0 Å². The van der Waals surface area contributed by atoms with Crippen LogP contribution in [0.3, 0.4) is 0 Å². The van der Waals surface area contributed by atoms with E-state index in [9.17, 15) is 4.39 Å². The third-order valence-electron chi connectivity index (χ3n) is 2.85. The molecule has 2 N–H and O–H groups in total. The minimum atomic E-state index is -0.258. The van der Waals surface area contributed by atoms with Gasteiger partial charge in [-0.15, -0.1) is 0 Å². The summed E-state index contributed by atoms with van der Waals surface area (Å²) in [5.41, 5.74) is 8.95. The van der Waals surface area contributed by atoms with Crippen LogP contribution in [0, 0.1) is 12.7 Å². The van der Waals surface area contributed by atoms with Crippen LogP contribution in [-0.4, -0.2) is 0 Å². The van der Waals surface area contributed by atoms with Crippen LogP contribution in [0.2, 0.25) is 0 Å². The highest BCUT2D eigenvalue weighted by Gasteiger charge is 2.01. The zero-order chi connectivity index (χ0) is 13.0. The molecule has 0 aliphatic carbocycles. The molecule has 3 heteroatoms. The molecule has 2 rings (SSSR count). The van der Waals surface area contributed by atoms with E-state index in [1.165, 1.54) is 12.1 Å². The van der Waals surface area contributed by atoms with Gasteiger partial charge in [0.05, 0.1) is 0 Å². The highest BCUT2D eigenvalue weighted by atomic mass is 19.1. The van der Waals surface area contributed by atoms with E-state index in [0.29, 0.717) is 18.9 Å². The van der Waals surface area contributed by atoms with E-state index in [4.69, 9.17) is 10.5 Å². The first-order chi connectivity index (χ1) is 8.69. The summed E-state index contributed by atoms with van der Waals surface area (Å²) in [6, 6.07) is 12.1. The largest absolute Gasteiger partial charge is 0.489 e. The average molecular weight is 245 g/mol. The molecule has 0 radical (unpaired) electrons. The van der Waals surface area contributed by atoms with Gasteiger partial charge in [-0.1, -0.05) is 18.2 Å². The Morgan fingerprint density at radius 3 is 2.44 bits per heavy atom. The summed E-state index contributed by atoms with van der Waals surface area (Å²) < 4.78 is 18.3.